The van der Waals surface area contributed by atoms with E-state index in [4.69, 9.17) is 5.11 Å². The summed E-state index contributed by atoms with van der Waals surface area (Å²) < 4.78 is 28.6. The second kappa shape index (κ2) is 6.62. The van der Waals surface area contributed by atoms with E-state index in [-0.39, 0.29) is 12.3 Å². The van der Waals surface area contributed by atoms with Crippen LogP contribution in [0.2, 0.25) is 0 Å². The standard InChI is InChI=1S/C14H26N2O4S/c1-11-6-12(2)9-16(8-11)21(19,20)15-5-3-4-13(10-15)7-14(17)18/h11-13H,3-10H2,1-2H3,(H,17,18). The molecule has 2 heterocycles. The van der Waals surface area contributed by atoms with Crippen LogP contribution >= 0.6 is 0 Å². The van der Waals surface area contributed by atoms with E-state index in [0.29, 0.717) is 38.0 Å². The molecule has 6 nitrogen and oxygen atoms in total. The fourth-order valence-corrected chi connectivity index (χ4v) is 5.58. The van der Waals surface area contributed by atoms with Gasteiger partial charge in [0.2, 0.25) is 0 Å². The van der Waals surface area contributed by atoms with Crippen molar-refractivity contribution in [2.24, 2.45) is 17.8 Å². The molecule has 2 saturated heterocycles. The number of hydrogen-bond donors (Lipinski definition) is 1. The monoisotopic (exact) mass is 318 g/mol. The van der Waals surface area contributed by atoms with Crippen molar-refractivity contribution in [1.82, 2.24) is 8.61 Å². The molecule has 0 aliphatic carbocycles. The molecule has 2 aliphatic rings. The fourth-order valence-electron chi connectivity index (χ4n) is 3.61. The maximum Gasteiger partial charge on any atom is 0.303 e. The van der Waals surface area contributed by atoms with Crippen LogP contribution in [0.5, 0.6) is 0 Å². The van der Waals surface area contributed by atoms with Gasteiger partial charge in [0.25, 0.3) is 10.2 Å². The highest BCUT2D eigenvalue weighted by Crippen LogP contribution is 2.28. The molecule has 0 amide bonds. The number of nitrogens with zero attached hydrogens (tertiary/aromatic N) is 2. The molecule has 0 radical (unpaired) electrons. The van der Waals surface area contributed by atoms with E-state index in [9.17, 15) is 13.2 Å². The average molecular weight is 318 g/mol. The van der Waals surface area contributed by atoms with Crippen molar-refractivity contribution in [3.8, 4) is 0 Å². The van der Waals surface area contributed by atoms with E-state index >= 15 is 0 Å². The van der Waals surface area contributed by atoms with Gasteiger partial charge in [0.1, 0.15) is 0 Å². The molecule has 0 aromatic carbocycles. The van der Waals surface area contributed by atoms with Crippen LogP contribution in [0.25, 0.3) is 0 Å². The lowest BCUT2D eigenvalue weighted by Crippen LogP contribution is -2.52. The molecular formula is C14H26N2O4S. The first-order chi connectivity index (χ1) is 9.79. The number of aliphatic carboxylic acids is 1. The third-order valence-corrected chi connectivity index (χ3v) is 6.37. The Hall–Kier alpha value is -0.660. The van der Waals surface area contributed by atoms with Gasteiger partial charge in [-0.25, -0.2) is 0 Å². The van der Waals surface area contributed by atoms with Crippen LogP contribution in [-0.4, -0.2) is 54.3 Å². The van der Waals surface area contributed by atoms with Crippen LogP contribution in [0, 0.1) is 17.8 Å². The van der Waals surface area contributed by atoms with Crippen LogP contribution < -0.4 is 0 Å². The van der Waals surface area contributed by atoms with E-state index < -0.39 is 16.2 Å². The number of carboxylic acid groups (broad SMARTS) is 1. The lowest BCUT2D eigenvalue weighted by molar-refractivity contribution is -0.138. The Morgan fingerprint density at radius 3 is 2.33 bits per heavy atom. The molecule has 21 heavy (non-hydrogen) atoms. The molecule has 2 fully saturated rings. The first kappa shape index (κ1) is 16.7. The SMILES string of the molecule is CC1CC(C)CN(S(=O)(=O)N2CCCC(CC(=O)O)C2)C1. The van der Waals surface area contributed by atoms with Gasteiger partial charge in [0, 0.05) is 32.6 Å². The maximum absolute atomic E-state index is 12.8. The Labute approximate surface area is 127 Å². The molecule has 2 aliphatic heterocycles. The highest BCUT2D eigenvalue weighted by atomic mass is 32.2. The predicted molar refractivity (Wildman–Crippen MR) is 80.0 cm³/mol. The Bertz CT molecular complexity index is 469. The molecule has 122 valence electrons. The number of rotatable bonds is 4. The molecule has 0 spiro atoms. The molecule has 0 aromatic rings. The van der Waals surface area contributed by atoms with Crippen molar-refractivity contribution in [2.75, 3.05) is 26.2 Å². The molecule has 1 N–H and O–H groups in total. The van der Waals surface area contributed by atoms with Gasteiger partial charge >= 0.3 is 5.97 Å². The Morgan fingerprint density at radius 2 is 1.76 bits per heavy atom. The molecule has 3 unspecified atom stereocenters. The number of carboxylic acids is 1. The van der Waals surface area contributed by atoms with Crippen LogP contribution in [0.3, 0.4) is 0 Å². The van der Waals surface area contributed by atoms with Gasteiger partial charge in [-0.15, -0.1) is 0 Å². The molecule has 3 atom stereocenters. The molecule has 0 bridgehead atoms. The highest BCUT2D eigenvalue weighted by Gasteiger charge is 2.37. The normalized spacial score (nSPS) is 33.0. The Balaban J connectivity index is 2.06. The number of carbonyl (C=O) groups is 1. The minimum Gasteiger partial charge on any atom is -0.481 e. The zero-order chi connectivity index (χ0) is 15.6. The lowest BCUT2D eigenvalue weighted by atomic mass is 9.94. The van der Waals surface area contributed by atoms with Gasteiger partial charge in [-0.2, -0.15) is 17.0 Å². The Kier molecular flexibility index (Phi) is 5.27. The number of piperidine rings is 2. The van der Waals surface area contributed by atoms with Gasteiger partial charge in [-0.05, 0) is 37.0 Å². The minimum absolute atomic E-state index is 0.0544. The van der Waals surface area contributed by atoms with Crippen LogP contribution in [-0.2, 0) is 15.0 Å². The highest BCUT2D eigenvalue weighted by molar-refractivity contribution is 7.86. The van der Waals surface area contributed by atoms with Gasteiger partial charge in [-0.3, -0.25) is 4.79 Å². The fraction of sp³-hybridized carbons (Fsp3) is 0.929. The van der Waals surface area contributed by atoms with Crippen LogP contribution in [0.1, 0.15) is 39.5 Å². The van der Waals surface area contributed by atoms with E-state index in [0.717, 1.165) is 19.3 Å². The van der Waals surface area contributed by atoms with Crippen molar-refractivity contribution in [3.05, 3.63) is 0 Å². The van der Waals surface area contributed by atoms with E-state index in [2.05, 4.69) is 13.8 Å². The summed E-state index contributed by atoms with van der Waals surface area (Å²) in [6, 6.07) is 0. The van der Waals surface area contributed by atoms with Crippen LogP contribution in [0.15, 0.2) is 0 Å². The quantitative estimate of drug-likeness (QED) is 0.850. The van der Waals surface area contributed by atoms with Gasteiger partial charge in [0.05, 0.1) is 0 Å². The summed E-state index contributed by atoms with van der Waals surface area (Å²) in [6.45, 7) is 6.17. The first-order valence-corrected chi connectivity index (χ1v) is 9.15. The summed E-state index contributed by atoms with van der Waals surface area (Å²) in [5.74, 6) is -0.156. The summed E-state index contributed by atoms with van der Waals surface area (Å²) in [5.41, 5.74) is 0. The predicted octanol–water partition coefficient (Wildman–Crippen LogP) is 1.40. The second-order valence-corrected chi connectivity index (χ2v) is 8.66. The largest absolute Gasteiger partial charge is 0.481 e. The minimum atomic E-state index is -3.45. The molecule has 7 heteroatoms. The first-order valence-electron chi connectivity index (χ1n) is 7.76. The van der Waals surface area contributed by atoms with Crippen molar-refractivity contribution < 1.29 is 18.3 Å². The van der Waals surface area contributed by atoms with E-state index in [1.54, 1.807) is 4.31 Å². The third-order valence-electron chi connectivity index (χ3n) is 4.43. The smallest absolute Gasteiger partial charge is 0.303 e. The van der Waals surface area contributed by atoms with Gasteiger partial charge in [-0.1, -0.05) is 13.8 Å². The second-order valence-electron chi connectivity index (χ2n) is 6.73. The zero-order valence-electron chi connectivity index (χ0n) is 12.9. The molecular weight excluding hydrogens is 292 g/mol. The van der Waals surface area contributed by atoms with E-state index in [1.807, 2.05) is 0 Å². The summed E-state index contributed by atoms with van der Waals surface area (Å²) in [4.78, 5) is 10.8. The zero-order valence-corrected chi connectivity index (χ0v) is 13.7. The summed E-state index contributed by atoms with van der Waals surface area (Å²) in [7, 11) is -3.45. The lowest BCUT2D eigenvalue weighted by Gasteiger charge is -2.39. The van der Waals surface area contributed by atoms with Crippen molar-refractivity contribution in [2.45, 2.75) is 39.5 Å². The molecule has 2 rings (SSSR count). The molecule has 0 aromatic heterocycles. The third kappa shape index (κ3) is 4.17. The van der Waals surface area contributed by atoms with Crippen LogP contribution in [0.4, 0.5) is 0 Å². The summed E-state index contributed by atoms with van der Waals surface area (Å²) in [5, 5.41) is 8.89. The topological polar surface area (TPSA) is 77.9 Å². The van der Waals surface area contributed by atoms with Gasteiger partial charge < -0.3 is 5.11 Å². The van der Waals surface area contributed by atoms with Gasteiger partial charge in [0.15, 0.2) is 0 Å². The van der Waals surface area contributed by atoms with E-state index in [1.165, 1.54) is 4.31 Å². The molecule has 0 saturated carbocycles. The van der Waals surface area contributed by atoms with Crippen molar-refractivity contribution in [3.63, 3.8) is 0 Å². The summed E-state index contributed by atoms with van der Waals surface area (Å²) >= 11 is 0. The van der Waals surface area contributed by atoms with Crippen molar-refractivity contribution >= 4 is 16.2 Å². The number of hydrogen-bond acceptors (Lipinski definition) is 3. The Morgan fingerprint density at radius 1 is 1.14 bits per heavy atom. The summed E-state index contributed by atoms with van der Waals surface area (Å²) in [6.07, 6.45) is 2.66. The maximum atomic E-state index is 12.8. The average Bonchev–Trinajstić information content (AvgIpc) is 2.37. The van der Waals surface area contributed by atoms with Crippen molar-refractivity contribution in [1.29, 1.82) is 0 Å².